The second kappa shape index (κ2) is 11.6. The van der Waals surface area contributed by atoms with Crippen LogP contribution in [-0.2, 0) is 6.42 Å². The molecule has 0 amide bonds. The second-order valence-electron chi connectivity index (χ2n) is 5.98. The third kappa shape index (κ3) is 8.17. The van der Waals surface area contributed by atoms with Crippen molar-refractivity contribution in [2.45, 2.75) is 6.42 Å². The highest BCUT2D eigenvalue weighted by molar-refractivity contribution is 5.88. The van der Waals surface area contributed by atoms with Crippen LogP contribution in [0.2, 0.25) is 0 Å². The van der Waals surface area contributed by atoms with Crippen LogP contribution < -0.4 is 21.3 Å². The first-order valence-corrected chi connectivity index (χ1v) is 8.84. The zero-order valence-electron chi connectivity index (χ0n) is 14.6. The highest BCUT2D eigenvalue weighted by atomic mass is 16.6. The van der Waals surface area contributed by atoms with Crippen molar-refractivity contribution in [1.29, 1.82) is 0 Å². The number of rotatable bonds is 3. The van der Waals surface area contributed by atoms with Crippen LogP contribution in [-0.4, -0.2) is 69.5 Å². The third-order valence-corrected chi connectivity index (χ3v) is 3.94. The summed E-state index contributed by atoms with van der Waals surface area (Å²) in [5.74, 6) is 0. The van der Waals surface area contributed by atoms with Crippen molar-refractivity contribution in [1.82, 2.24) is 21.3 Å². The van der Waals surface area contributed by atoms with Crippen LogP contribution >= 0.6 is 0 Å². The van der Waals surface area contributed by atoms with Gasteiger partial charge in [-0.1, -0.05) is 12.1 Å². The minimum Gasteiger partial charge on any atom is -0.314 e. The van der Waals surface area contributed by atoms with Crippen molar-refractivity contribution >= 4 is 11.4 Å². The van der Waals surface area contributed by atoms with E-state index >= 15 is 0 Å². The summed E-state index contributed by atoms with van der Waals surface area (Å²) >= 11 is 0. The van der Waals surface area contributed by atoms with Crippen LogP contribution in [0.1, 0.15) is 5.56 Å². The fourth-order valence-corrected chi connectivity index (χ4v) is 2.58. The number of non-ortho nitro benzene ring substituents is 1. The first-order chi connectivity index (χ1) is 12.3. The molecule has 8 nitrogen and oxygen atoms in total. The zero-order valence-corrected chi connectivity index (χ0v) is 14.6. The van der Waals surface area contributed by atoms with Crippen molar-refractivity contribution in [2.75, 3.05) is 58.9 Å². The van der Waals surface area contributed by atoms with E-state index in [1.54, 1.807) is 12.1 Å². The molecule has 0 aliphatic carbocycles. The average Bonchev–Trinajstić information content (AvgIpc) is 2.62. The van der Waals surface area contributed by atoms with Gasteiger partial charge in [0.1, 0.15) is 0 Å². The van der Waals surface area contributed by atoms with E-state index in [1.165, 1.54) is 0 Å². The van der Waals surface area contributed by atoms with Crippen molar-refractivity contribution in [2.24, 2.45) is 4.99 Å². The molecule has 0 unspecified atom stereocenters. The van der Waals surface area contributed by atoms with Crippen LogP contribution in [0.5, 0.6) is 0 Å². The molecule has 1 aromatic rings. The molecular weight excluding hydrogens is 320 g/mol. The highest BCUT2D eigenvalue weighted by Crippen LogP contribution is 2.12. The lowest BCUT2D eigenvalue weighted by molar-refractivity contribution is -0.384. The molecule has 0 bridgehead atoms. The number of hydrogen-bond acceptors (Lipinski definition) is 7. The lowest BCUT2D eigenvalue weighted by Gasteiger charge is -2.10. The van der Waals surface area contributed by atoms with Gasteiger partial charge in [-0.05, 0) is 5.56 Å². The van der Waals surface area contributed by atoms with Crippen molar-refractivity contribution in [3.05, 3.63) is 39.9 Å². The molecule has 0 saturated heterocycles. The van der Waals surface area contributed by atoms with Gasteiger partial charge in [0.25, 0.3) is 5.69 Å². The molecule has 1 heterocycles. The van der Waals surface area contributed by atoms with E-state index in [4.69, 9.17) is 4.99 Å². The van der Waals surface area contributed by atoms with Gasteiger partial charge in [-0.15, -0.1) is 0 Å². The van der Waals surface area contributed by atoms with E-state index in [0.29, 0.717) is 6.42 Å². The largest absolute Gasteiger partial charge is 0.314 e. The maximum Gasteiger partial charge on any atom is 0.269 e. The molecule has 0 aromatic heterocycles. The summed E-state index contributed by atoms with van der Waals surface area (Å²) in [6.07, 6.45) is 0.708. The summed E-state index contributed by atoms with van der Waals surface area (Å²) in [6, 6.07) is 6.71. The maximum absolute atomic E-state index is 10.7. The van der Waals surface area contributed by atoms with E-state index in [9.17, 15) is 10.1 Å². The van der Waals surface area contributed by atoms with Gasteiger partial charge >= 0.3 is 0 Å². The van der Waals surface area contributed by atoms with E-state index in [2.05, 4.69) is 21.3 Å². The summed E-state index contributed by atoms with van der Waals surface area (Å²) < 4.78 is 0. The maximum atomic E-state index is 10.7. The molecule has 0 radical (unpaired) electrons. The monoisotopic (exact) mass is 348 g/mol. The van der Waals surface area contributed by atoms with Crippen molar-refractivity contribution < 1.29 is 4.92 Å². The predicted molar refractivity (Wildman–Crippen MR) is 101 cm³/mol. The Hall–Kier alpha value is -1.87. The van der Waals surface area contributed by atoms with Gasteiger partial charge in [0.15, 0.2) is 0 Å². The quantitative estimate of drug-likeness (QED) is 0.451. The van der Waals surface area contributed by atoms with Crippen LogP contribution in [0.15, 0.2) is 29.3 Å². The molecule has 0 saturated carbocycles. The summed E-state index contributed by atoms with van der Waals surface area (Å²) in [7, 11) is 0. The van der Waals surface area contributed by atoms with E-state index in [0.717, 1.165) is 70.2 Å². The molecule has 138 valence electrons. The Morgan fingerprint density at radius 3 is 2.04 bits per heavy atom. The SMILES string of the molecule is O=[N+]([O-])c1ccc(CC2=NCCNCCNCCNCCNC2)cc1. The topological polar surface area (TPSA) is 104 Å². The number of benzene rings is 1. The molecule has 0 fully saturated rings. The van der Waals surface area contributed by atoms with Gasteiger partial charge in [0, 0.05) is 76.6 Å². The average molecular weight is 348 g/mol. The number of hydrogen-bond donors (Lipinski definition) is 4. The van der Waals surface area contributed by atoms with Gasteiger partial charge < -0.3 is 21.3 Å². The summed E-state index contributed by atoms with van der Waals surface area (Å²) in [5, 5.41) is 24.3. The molecule has 25 heavy (non-hydrogen) atoms. The van der Waals surface area contributed by atoms with Crippen LogP contribution in [0.3, 0.4) is 0 Å². The molecule has 0 atom stereocenters. The van der Waals surface area contributed by atoms with Crippen LogP contribution in [0.25, 0.3) is 0 Å². The van der Waals surface area contributed by atoms with E-state index in [-0.39, 0.29) is 10.6 Å². The smallest absolute Gasteiger partial charge is 0.269 e. The third-order valence-electron chi connectivity index (χ3n) is 3.94. The zero-order chi connectivity index (χ0) is 17.7. The van der Waals surface area contributed by atoms with Crippen LogP contribution in [0, 0.1) is 10.1 Å². The van der Waals surface area contributed by atoms with Gasteiger partial charge in [0.05, 0.1) is 11.5 Å². The van der Waals surface area contributed by atoms with Gasteiger partial charge in [-0.3, -0.25) is 15.1 Å². The Morgan fingerprint density at radius 1 is 0.880 bits per heavy atom. The minimum absolute atomic E-state index is 0.120. The Kier molecular flexibility index (Phi) is 9.06. The van der Waals surface area contributed by atoms with Crippen molar-refractivity contribution in [3.8, 4) is 0 Å². The van der Waals surface area contributed by atoms with Gasteiger partial charge in [-0.2, -0.15) is 0 Å². The molecule has 1 aromatic carbocycles. The Bertz CT molecular complexity index is 547. The first kappa shape index (κ1) is 19.5. The second-order valence-corrected chi connectivity index (χ2v) is 5.98. The number of nitrogens with zero attached hydrogens (tertiary/aromatic N) is 2. The molecular formula is C17H28N6O2. The molecule has 2 rings (SSSR count). The van der Waals surface area contributed by atoms with E-state index in [1.807, 2.05) is 12.1 Å². The normalized spacial score (nSPS) is 18.6. The number of nitro benzene ring substituents is 1. The van der Waals surface area contributed by atoms with Crippen LogP contribution in [0.4, 0.5) is 5.69 Å². The highest BCUT2D eigenvalue weighted by Gasteiger charge is 2.06. The van der Waals surface area contributed by atoms with Gasteiger partial charge in [0.2, 0.25) is 0 Å². The summed E-state index contributed by atoms with van der Waals surface area (Å²) in [5.41, 5.74) is 2.23. The summed E-state index contributed by atoms with van der Waals surface area (Å²) in [6.45, 7) is 7.96. The lowest BCUT2D eigenvalue weighted by Crippen LogP contribution is -2.35. The van der Waals surface area contributed by atoms with Gasteiger partial charge in [-0.25, -0.2) is 0 Å². The fourth-order valence-electron chi connectivity index (χ4n) is 2.58. The first-order valence-electron chi connectivity index (χ1n) is 8.84. The lowest BCUT2D eigenvalue weighted by atomic mass is 10.1. The number of nitro groups is 1. The van der Waals surface area contributed by atoms with Crippen molar-refractivity contribution in [3.63, 3.8) is 0 Å². The minimum atomic E-state index is -0.375. The fraction of sp³-hybridized carbons (Fsp3) is 0.588. The Labute approximate surface area is 148 Å². The molecule has 1 aliphatic rings. The molecule has 0 spiro atoms. The molecule has 1 aliphatic heterocycles. The standard InChI is InChI=1S/C17H28N6O2/c24-23(25)17-3-1-15(2-4-17)13-16-14-21-10-9-19-6-5-18-7-8-20-11-12-22-16/h1-4,18-21H,5-14H2. The molecule has 8 heteroatoms. The number of nitrogens with one attached hydrogen (secondary N) is 4. The predicted octanol–water partition coefficient (Wildman–Crippen LogP) is -0.0497. The van der Waals surface area contributed by atoms with E-state index < -0.39 is 0 Å². The number of aliphatic imine (C=N–C) groups is 1. The Balaban J connectivity index is 1.90. The molecule has 4 N–H and O–H groups in total. The summed E-state index contributed by atoms with van der Waals surface area (Å²) in [4.78, 5) is 15.1. The Morgan fingerprint density at radius 2 is 1.44 bits per heavy atom.